The first kappa shape index (κ1) is 8.59. The fourth-order valence-electron chi connectivity index (χ4n) is 0.206. The molecule has 0 aromatic heterocycles. The second kappa shape index (κ2) is 3.58. The maximum absolute atomic E-state index is 9.84. The number of allylic oxidation sites excluding steroid dienone is 1. The van der Waals surface area contributed by atoms with Crippen LogP contribution in [-0.4, -0.2) is 15.9 Å². The van der Waals surface area contributed by atoms with Crippen molar-refractivity contribution in [3.05, 3.63) is 11.8 Å². The minimum Gasteiger partial charge on any atom is -0.478 e. The third-order valence-corrected chi connectivity index (χ3v) is 1.05. The molecule has 0 aromatic carbocycles. The van der Waals surface area contributed by atoms with Crippen molar-refractivity contribution in [2.45, 2.75) is 4.84 Å². The van der Waals surface area contributed by atoms with Gasteiger partial charge in [0.1, 0.15) is 4.84 Å². The van der Waals surface area contributed by atoms with Gasteiger partial charge in [0, 0.05) is 11.8 Å². The van der Waals surface area contributed by atoms with Gasteiger partial charge >= 0.3 is 5.97 Å². The van der Waals surface area contributed by atoms with Gasteiger partial charge in [-0.15, -0.1) is 0 Å². The van der Waals surface area contributed by atoms with E-state index in [-0.39, 0.29) is 5.70 Å². The van der Waals surface area contributed by atoms with Crippen molar-refractivity contribution in [2.75, 3.05) is 0 Å². The molecule has 0 spiro atoms. The Morgan fingerprint density at radius 2 is 2.11 bits per heavy atom. The van der Waals surface area contributed by atoms with E-state index < -0.39 is 10.8 Å². The third-order valence-electron chi connectivity index (χ3n) is 0.542. The van der Waals surface area contributed by atoms with Gasteiger partial charge in [0.25, 0.3) is 0 Å². The lowest BCUT2D eigenvalue weighted by molar-refractivity contribution is -0.131. The molecular weight excluding hydrogens is 165 g/mol. The van der Waals surface area contributed by atoms with E-state index >= 15 is 0 Å². The Hall–Kier alpha value is -0.410. The molecule has 9 heavy (non-hydrogen) atoms. The molecule has 0 unspecified atom stereocenters. The number of carboxylic acids is 1. The average molecular weight is 170 g/mol. The second-order valence-corrected chi connectivity index (χ2v) is 2.38. The summed E-state index contributed by atoms with van der Waals surface area (Å²) in [7, 11) is 0. The summed E-state index contributed by atoms with van der Waals surface area (Å²) >= 11 is 10.4. The van der Waals surface area contributed by atoms with E-state index in [1.165, 1.54) is 0 Å². The molecule has 0 atom stereocenters. The van der Waals surface area contributed by atoms with E-state index in [9.17, 15) is 4.79 Å². The third kappa shape index (κ3) is 4.12. The van der Waals surface area contributed by atoms with Crippen molar-refractivity contribution in [1.82, 2.24) is 0 Å². The molecule has 3 N–H and O–H groups in total. The molecule has 0 bridgehead atoms. The zero-order valence-electron chi connectivity index (χ0n) is 4.34. The number of rotatable bonds is 2. The molecule has 0 aromatic rings. The van der Waals surface area contributed by atoms with E-state index in [1.807, 2.05) is 0 Å². The van der Waals surface area contributed by atoms with E-state index in [4.69, 9.17) is 34.0 Å². The minimum absolute atomic E-state index is 0.0640. The lowest BCUT2D eigenvalue weighted by Crippen LogP contribution is -2.07. The Balaban J connectivity index is 4.00. The number of nitrogens with two attached hydrogens (primary N) is 1. The number of hydrogen-bond acceptors (Lipinski definition) is 2. The molecule has 3 nitrogen and oxygen atoms in total. The van der Waals surface area contributed by atoms with Crippen molar-refractivity contribution in [3.8, 4) is 0 Å². The molecule has 0 saturated heterocycles. The van der Waals surface area contributed by atoms with E-state index in [0.717, 1.165) is 6.08 Å². The van der Waals surface area contributed by atoms with Gasteiger partial charge in [0.15, 0.2) is 0 Å². The summed E-state index contributed by atoms with van der Waals surface area (Å²) < 4.78 is 0. The van der Waals surface area contributed by atoms with Gasteiger partial charge in [-0.2, -0.15) is 0 Å². The lowest BCUT2D eigenvalue weighted by Gasteiger charge is -1.96. The molecule has 0 fully saturated rings. The van der Waals surface area contributed by atoms with Crippen LogP contribution in [0.15, 0.2) is 11.8 Å². The van der Waals surface area contributed by atoms with Crippen LogP contribution in [0.2, 0.25) is 0 Å². The van der Waals surface area contributed by atoms with E-state index in [0.29, 0.717) is 0 Å². The van der Waals surface area contributed by atoms with Crippen LogP contribution in [0.3, 0.4) is 0 Å². The van der Waals surface area contributed by atoms with Gasteiger partial charge in [0.05, 0.1) is 0 Å². The molecule has 0 heterocycles. The lowest BCUT2D eigenvalue weighted by atomic mass is 10.4. The topological polar surface area (TPSA) is 63.3 Å². The van der Waals surface area contributed by atoms with E-state index in [1.54, 1.807) is 0 Å². The minimum atomic E-state index is -1.15. The van der Waals surface area contributed by atoms with Crippen molar-refractivity contribution >= 4 is 29.2 Å². The molecule has 0 aliphatic rings. The molecule has 5 heteroatoms. The fourth-order valence-corrected chi connectivity index (χ4v) is 0.332. The van der Waals surface area contributed by atoms with Gasteiger partial charge in [-0.25, -0.2) is 4.79 Å². The Bertz CT molecular complexity index is 144. The first-order valence-electron chi connectivity index (χ1n) is 2.02. The van der Waals surface area contributed by atoms with Gasteiger partial charge < -0.3 is 10.8 Å². The number of carbonyl (C=O) groups is 1. The highest BCUT2D eigenvalue weighted by atomic mass is 35.5. The highest BCUT2D eigenvalue weighted by molar-refractivity contribution is 6.46. The summed E-state index contributed by atoms with van der Waals surface area (Å²) in [5, 5.41) is 8.06. The zero-order valence-corrected chi connectivity index (χ0v) is 5.86. The molecule has 0 aliphatic heterocycles. The van der Waals surface area contributed by atoms with Crippen LogP contribution in [0.25, 0.3) is 0 Å². The highest BCUT2D eigenvalue weighted by Crippen LogP contribution is 2.07. The van der Waals surface area contributed by atoms with E-state index in [2.05, 4.69) is 0 Å². The Labute approximate surface area is 62.0 Å². The number of aliphatic carboxylic acids is 1. The largest absolute Gasteiger partial charge is 0.478 e. The smallest absolute Gasteiger partial charge is 0.330 e. The molecular formula is C4H5Cl2NO2. The van der Waals surface area contributed by atoms with Gasteiger partial charge in [-0.1, -0.05) is 23.2 Å². The van der Waals surface area contributed by atoms with Crippen LogP contribution in [0.5, 0.6) is 0 Å². The monoisotopic (exact) mass is 169 g/mol. The van der Waals surface area contributed by atoms with Crippen LogP contribution in [0, 0.1) is 0 Å². The van der Waals surface area contributed by atoms with Crippen molar-refractivity contribution in [3.63, 3.8) is 0 Å². The van der Waals surface area contributed by atoms with Crippen LogP contribution in [0.4, 0.5) is 0 Å². The van der Waals surface area contributed by atoms with Crippen LogP contribution in [-0.2, 0) is 4.79 Å². The first-order chi connectivity index (χ1) is 4.04. The van der Waals surface area contributed by atoms with Crippen LogP contribution in [0.1, 0.15) is 0 Å². The van der Waals surface area contributed by atoms with Crippen molar-refractivity contribution in [2.24, 2.45) is 5.73 Å². The predicted molar refractivity (Wildman–Crippen MR) is 35.4 cm³/mol. The van der Waals surface area contributed by atoms with Gasteiger partial charge in [0.2, 0.25) is 0 Å². The maximum atomic E-state index is 9.84. The van der Waals surface area contributed by atoms with Crippen molar-refractivity contribution < 1.29 is 9.90 Å². The Morgan fingerprint density at radius 1 is 1.67 bits per heavy atom. The van der Waals surface area contributed by atoms with Gasteiger partial charge in [-0.05, 0) is 0 Å². The predicted octanol–water partition coefficient (Wildman–Crippen LogP) is 0.717. The number of hydrogen-bond donors (Lipinski definition) is 2. The first-order valence-corrected chi connectivity index (χ1v) is 2.89. The number of alkyl halides is 2. The molecule has 0 rings (SSSR count). The summed E-state index contributed by atoms with van der Waals surface area (Å²) in [5.74, 6) is -1.15. The standard InChI is InChI=1S/C4H5Cl2NO2/c5-4(6)2(7)1-3(8)9/h1,4H,7H2,(H,8,9)/b2-1-. The summed E-state index contributed by atoms with van der Waals surface area (Å²) in [6.07, 6.45) is 0.755. The maximum Gasteiger partial charge on any atom is 0.330 e. The fraction of sp³-hybridized carbons (Fsp3) is 0.250. The quantitative estimate of drug-likeness (QED) is 0.474. The molecule has 0 amide bonds. The molecule has 0 saturated carbocycles. The molecule has 52 valence electrons. The normalized spacial score (nSPS) is 12.1. The Morgan fingerprint density at radius 3 is 2.22 bits per heavy atom. The average Bonchev–Trinajstić information content (AvgIpc) is 1.63. The highest BCUT2D eigenvalue weighted by Gasteiger charge is 2.02. The Kier molecular flexibility index (Phi) is 3.42. The summed E-state index contributed by atoms with van der Waals surface area (Å²) in [6, 6.07) is 0. The number of carboxylic acid groups (broad SMARTS) is 1. The molecule has 0 radical (unpaired) electrons. The zero-order chi connectivity index (χ0) is 7.44. The summed E-state index contributed by atoms with van der Waals surface area (Å²) in [6.45, 7) is 0. The van der Waals surface area contributed by atoms with Gasteiger partial charge in [-0.3, -0.25) is 0 Å². The van der Waals surface area contributed by atoms with Crippen LogP contribution >= 0.6 is 23.2 Å². The van der Waals surface area contributed by atoms with Crippen LogP contribution < -0.4 is 5.73 Å². The second-order valence-electron chi connectivity index (χ2n) is 1.28. The van der Waals surface area contributed by atoms with Crippen molar-refractivity contribution in [1.29, 1.82) is 0 Å². The number of halogens is 2. The molecule has 0 aliphatic carbocycles. The SMILES string of the molecule is N/C(=C\C(=O)O)C(Cl)Cl. The summed E-state index contributed by atoms with van der Waals surface area (Å²) in [5.41, 5.74) is 4.97. The summed E-state index contributed by atoms with van der Waals surface area (Å²) in [4.78, 5) is 8.90.